The van der Waals surface area contributed by atoms with Crippen LogP contribution >= 0.6 is 22.6 Å². The van der Waals surface area contributed by atoms with E-state index in [0.717, 1.165) is 23.8 Å². The number of carbonyl (C=O) groups excluding carboxylic acids is 1. The molecule has 1 N–H and O–H groups in total. The molecule has 198 valence electrons. The molecule has 38 heavy (non-hydrogen) atoms. The van der Waals surface area contributed by atoms with Crippen molar-refractivity contribution in [3.63, 3.8) is 0 Å². The van der Waals surface area contributed by atoms with E-state index in [1.807, 2.05) is 29.5 Å². The van der Waals surface area contributed by atoms with E-state index in [0.29, 0.717) is 9.13 Å². The molecule has 0 aliphatic heterocycles. The highest BCUT2D eigenvalue weighted by atomic mass is 127. The Hall–Kier alpha value is -3.57. The lowest BCUT2D eigenvalue weighted by Crippen LogP contribution is -2.14. The lowest BCUT2D eigenvalue weighted by atomic mass is 10.1. The van der Waals surface area contributed by atoms with Gasteiger partial charge in [-0.3, -0.25) is 4.79 Å². The average molecular weight is 656 g/mol. The smallest absolute Gasteiger partial charge is 0.416 e. The molecule has 12 heteroatoms. The van der Waals surface area contributed by atoms with Crippen molar-refractivity contribution in [2.24, 2.45) is 0 Å². The summed E-state index contributed by atoms with van der Waals surface area (Å²) in [6.07, 6.45) is -3.40. The van der Waals surface area contributed by atoms with Crippen LogP contribution in [0.25, 0.3) is 6.08 Å². The molecule has 3 rings (SSSR count). The molecule has 0 aromatic heterocycles. The molecule has 0 fully saturated rings. The van der Waals surface area contributed by atoms with E-state index in [4.69, 9.17) is 8.92 Å². The summed E-state index contributed by atoms with van der Waals surface area (Å²) in [5, 5.41) is 11.8. The predicted octanol–water partition coefficient (Wildman–Crippen LogP) is 6.33. The van der Waals surface area contributed by atoms with Crippen LogP contribution in [0.3, 0.4) is 0 Å². The van der Waals surface area contributed by atoms with Gasteiger partial charge in [0.15, 0.2) is 11.5 Å². The molecule has 0 radical (unpaired) electrons. The van der Waals surface area contributed by atoms with Gasteiger partial charge in [-0.2, -0.15) is 26.9 Å². The Balaban J connectivity index is 1.92. The van der Waals surface area contributed by atoms with Crippen molar-refractivity contribution < 1.29 is 35.3 Å². The van der Waals surface area contributed by atoms with E-state index in [-0.39, 0.29) is 28.7 Å². The van der Waals surface area contributed by atoms with Gasteiger partial charge < -0.3 is 14.2 Å². The predicted molar refractivity (Wildman–Crippen MR) is 143 cm³/mol. The molecule has 7 nitrogen and oxygen atoms in total. The minimum atomic E-state index is -4.60. The van der Waals surface area contributed by atoms with Crippen LogP contribution in [0.4, 0.5) is 18.9 Å². The van der Waals surface area contributed by atoms with Crippen LogP contribution in [-0.4, -0.2) is 20.9 Å². The Kier molecular flexibility index (Phi) is 9.05. The number of hydrogen-bond donors (Lipinski definition) is 1. The van der Waals surface area contributed by atoms with E-state index >= 15 is 0 Å². The number of nitrogens with one attached hydrogen (secondary N) is 1. The zero-order valence-electron chi connectivity index (χ0n) is 20.0. The maximum atomic E-state index is 13.0. The van der Waals surface area contributed by atoms with Gasteiger partial charge in [0.2, 0.25) is 0 Å². The summed E-state index contributed by atoms with van der Waals surface area (Å²) in [6.45, 7) is 3.65. The topological polar surface area (TPSA) is 105 Å². The van der Waals surface area contributed by atoms with Crippen LogP contribution in [0.1, 0.15) is 23.6 Å². The van der Waals surface area contributed by atoms with Gasteiger partial charge >= 0.3 is 16.3 Å². The SMILES string of the molecule is CCOc1cc(/C=C(\C#N)C(=O)Nc2cccc(C(F)(F)F)c2)cc(I)c1OS(=O)(=O)c1ccc(C)cc1. The molecule has 0 spiro atoms. The van der Waals surface area contributed by atoms with Crippen LogP contribution in [0.2, 0.25) is 0 Å². The molecular weight excluding hydrogens is 636 g/mol. The highest BCUT2D eigenvalue weighted by Gasteiger charge is 2.30. The van der Waals surface area contributed by atoms with Crippen LogP contribution in [0.5, 0.6) is 11.5 Å². The second kappa shape index (κ2) is 11.9. The number of aryl methyl sites for hydroxylation is 1. The Morgan fingerprint density at radius 3 is 2.42 bits per heavy atom. The molecule has 0 saturated carbocycles. The van der Waals surface area contributed by atoms with Crippen molar-refractivity contribution in [2.75, 3.05) is 11.9 Å². The molecule has 1 amide bonds. The molecule has 0 atom stereocenters. The molecule has 3 aromatic rings. The van der Waals surface area contributed by atoms with Gasteiger partial charge in [-0.15, -0.1) is 0 Å². The van der Waals surface area contributed by atoms with Gasteiger partial charge in [0, 0.05) is 5.69 Å². The van der Waals surface area contributed by atoms with E-state index in [9.17, 15) is 31.6 Å². The zero-order chi connectivity index (χ0) is 28.1. The number of ether oxygens (including phenoxy) is 1. The summed E-state index contributed by atoms with van der Waals surface area (Å²) in [5.74, 6) is -0.948. The number of rotatable bonds is 8. The quantitative estimate of drug-likeness (QED) is 0.132. The third kappa shape index (κ3) is 7.26. The number of benzene rings is 3. The Bertz CT molecular complexity index is 1530. The first-order valence-corrected chi connectivity index (χ1v) is 13.4. The van der Waals surface area contributed by atoms with Crippen molar-refractivity contribution in [2.45, 2.75) is 24.9 Å². The van der Waals surface area contributed by atoms with Crippen molar-refractivity contribution in [3.05, 3.63) is 86.5 Å². The third-order valence-corrected chi connectivity index (χ3v) is 7.00. The van der Waals surface area contributed by atoms with E-state index in [1.54, 1.807) is 25.1 Å². The number of halogens is 4. The molecule has 0 saturated heterocycles. The Labute approximate surface area is 231 Å². The summed E-state index contributed by atoms with van der Waals surface area (Å²) >= 11 is 1.83. The number of alkyl halides is 3. The maximum Gasteiger partial charge on any atom is 0.416 e. The fourth-order valence-electron chi connectivity index (χ4n) is 3.16. The minimum Gasteiger partial charge on any atom is -0.490 e. The van der Waals surface area contributed by atoms with Crippen LogP contribution in [0, 0.1) is 21.8 Å². The maximum absolute atomic E-state index is 13.0. The summed E-state index contributed by atoms with van der Waals surface area (Å²) in [5.41, 5.74) is -0.323. The first-order valence-electron chi connectivity index (χ1n) is 10.9. The van der Waals surface area contributed by atoms with Gasteiger partial charge in [0.05, 0.1) is 15.7 Å². The molecule has 0 aliphatic rings. The Morgan fingerprint density at radius 2 is 1.82 bits per heavy atom. The fraction of sp³-hybridized carbons (Fsp3) is 0.154. The standard InChI is InChI=1S/C26H20F3IN2O5S/c1-3-36-23-13-17(12-22(30)24(23)37-38(34,35)21-9-7-16(2)8-10-21)11-18(15-31)25(33)32-20-6-4-5-19(14-20)26(27,28)29/h4-14H,3H2,1-2H3,(H,32,33)/b18-11+. The summed E-state index contributed by atoms with van der Waals surface area (Å²) in [4.78, 5) is 12.6. The second-order valence-electron chi connectivity index (χ2n) is 7.82. The number of nitriles is 1. The van der Waals surface area contributed by atoms with E-state index in [1.165, 1.54) is 36.4 Å². The van der Waals surface area contributed by atoms with Crippen LogP contribution < -0.4 is 14.2 Å². The van der Waals surface area contributed by atoms with Gasteiger partial charge in [-0.05, 0) is 90.5 Å². The van der Waals surface area contributed by atoms with Gasteiger partial charge in [0.1, 0.15) is 16.5 Å². The minimum absolute atomic E-state index is 0.0525. The summed E-state index contributed by atoms with van der Waals surface area (Å²) in [6, 6.07) is 14.7. The van der Waals surface area contributed by atoms with Crippen molar-refractivity contribution in [3.8, 4) is 17.6 Å². The van der Waals surface area contributed by atoms with Crippen LogP contribution in [-0.2, 0) is 21.1 Å². The molecular formula is C26H20F3IN2O5S. The monoisotopic (exact) mass is 656 g/mol. The van der Waals surface area contributed by atoms with Crippen molar-refractivity contribution in [1.29, 1.82) is 5.26 Å². The number of anilines is 1. The normalized spacial score (nSPS) is 12.0. The number of carbonyl (C=O) groups is 1. The molecule has 0 aliphatic carbocycles. The largest absolute Gasteiger partial charge is 0.490 e. The number of amides is 1. The van der Waals surface area contributed by atoms with Gasteiger partial charge in [0.25, 0.3) is 5.91 Å². The van der Waals surface area contributed by atoms with E-state index < -0.39 is 33.3 Å². The zero-order valence-corrected chi connectivity index (χ0v) is 22.9. The summed E-state index contributed by atoms with van der Waals surface area (Å²) < 4.78 is 75.8. The number of nitrogens with zero attached hydrogens (tertiary/aromatic N) is 1. The lowest BCUT2D eigenvalue weighted by molar-refractivity contribution is -0.137. The Morgan fingerprint density at radius 1 is 1.13 bits per heavy atom. The second-order valence-corrected chi connectivity index (χ2v) is 10.5. The van der Waals surface area contributed by atoms with Crippen molar-refractivity contribution in [1.82, 2.24) is 0 Å². The fourth-order valence-corrected chi connectivity index (χ4v) is 5.01. The van der Waals surface area contributed by atoms with Gasteiger partial charge in [-0.25, -0.2) is 0 Å². The third-order valence-electron chi connectivity index (χ3n) is 4.96. The first kappa shape index (κ1) is 29.0. The average Bonchev–Trinajstić information content (AvgIpc) is 2.84. The molecule has 0 bridgehead atoms. The molecule has 0 heterocycles. The first-order chi connectivity index (χ1) is 17.8. The lowest BCUT2D eigenvalue weighted by Gasteiger charge is -2.15. The van der Waals surface area contributed by atoms with E-state index in [2.05, 4.69) is 5.32 Å². The summed E-state index contributed by atoms with van der Waals surface area (Å²) in [7, 11) is -4.19. The van der Waals surface area contributed by atoms with Crippen molar-refractivity contribution >= 4 is 50.4 Å². The highest BCUT2D eigenvalue weighted by Crippen LogP contribution is 2.37. The molecule has 3 aromatic carbocycles. The van der Waals surface area contributed by atoms with Crippen LogP contribution in [0.15, 0.2) is 71.1 Å². The molecule has 0 unspecified atom stereocenters. The van der Waals surface area contributed by atoms with Gasteiger partial charge in [-0.1, -0.05) is 23.8 Å². The highest BCUT2D eigenvalue weighted by molar-refractivity contribution is 14.1. The number of hydrogen-bond acceptors (Lipinski definition) is 6.